The fraction of sp³-hybridized carbons (Fsp3) is 0.360. The number of methoxy groups -OCH3 is 1. The Labute approximate surface area is 205 Å². The number of pyridine rings is 1. The SMILES string of the molecule is COc1cccc2c(C)cc(SCCC(=O)Nc3ccc(S(=O)(=O)N4CCCCC4)cc3)nc12. The van der Waals surface area contributed by atoms with Crippen molar-refractivity contribution < 1.29 is 17.9 Å². The van der Waals surface area contributed by atoms with E-state index < -0.39 is 10.0 Å². The number of aryl methyl sites for hydroxylation is 1. The minimum Gasteiger partial charge on any atom is -0.494 e. The van der Waals surface area contributed by atoms with Gasteiger partial charge in [-0.25, -0.2) is 13.4 Å². The Morgan fingerprint density at radius 3 is 2.56 bits per heavy atom. The Kier molecular flexibility index (Phi) is 7.75. The normalized spacial score (nSPS) is 14.8. The van der Waals surface area contributed by atoms with E-state index in [0.29, 0.717) is 31.0 Å². The van der Waals surface area contributed by atoms with Crippen LogP contribution in [0.25, 0.3) is 10.9 Å². The van der Waals surface area contributed by atoms with E-state index in [1.54, 1.807) is 35.7 Å². The molecule has 2 heterocycles. The van der Waals surface area contributed by atoms with Crippen LogP contribution in [0.1, 0.15) is 31.2 Å². The minimum atomic E-state index is -3.48. The first-order chi connectivity index (χ1) is 16.4. The van der Waals surface area contributed by atoms with Gasteiger partial charge in [0, 0.05) is 36.3 Å². The van der Waals surface area contributed by atoms with Crippen LogP contribution in [0.4, 0.5) is 5.69 Å². The number of anilines is 1. The zero-order valence-corrected chi connectivity index (χ0v) is 21.0. The van der Waals surface area contributed by atoms with Gasteiger partial charge in [-0.15, -0.1) is 11.8 Å². The first kappa shape index (κ1) is 24.5. The lowest BCUT2D eigenvalue weighted by atomic mass is 10.1. The number of aromatic nitrogens is 1. The van der Waals surface area contributed by atoms with Crippen LogP contribution in [0.15, 0.2) is 58.5 Å². The third kappa shape index (κ3) is 5.54. The maximum Gasteiger partial charge on any atom is 0.243 e. The zero-order valence-electron chi connectivity index (χ0n) is 19.4. The van der Waals surface area contributed by atoms with Crippen molar-refractivity contribution in [1.82, 2.24) is 9.29 Å². The fourth-order valence-corrected chi connectivity index (χ4v) is 6.47. The summed E-state index contributed by atoms with van der Waals surface area (Å²) in [6.45, 7) is 3.17. The van der Waals surface area contributed by atoms with Crippen molar-refractivity contribution in [2.24, 2.45) is 0 Å². The van der Waals surface area contributed by atoms with Crippen molar-refractivity contribution in [3.8, 4) is 5.75 Å². The molecule has 1 N–H and O–H groups in total. The van der Waals surface area contributed by atoms with Crippen molar-refractivity contribution >= 4 is 44.3 Å². The quantitative estimate of drug-likeness (QED) is 0.446. The molecule has 0 atom stereocenters. The number of amides is 1. The number of para-hydroxylation sites is 1. The number of nitrogens with one attached hydrogen (secondary N) is 1. The fourth-order valence-electron chi connectivity index (χ4n) is 4.04. The molecule has 7 nitrogen and oxygen atoms in total. The predicted octanol–water partition coefficient (Wildman–Crippen LogP) is 4.85. The molecule has 9 heteroatoms. The van der Waals surface area contributed by atoms with E-state index in [2.05, 4.69) is 5.32 Å². The number of carbonyl (C=O) groups excluding carboxylic acids is 1. The molecule has 1 saturated heterocycles. The van der Waals surface area contributed by atoms with Gasteiger partial charge >= 0.3 is 0 Å². The van der Waals surface area contributed by atoms with Gasteiger partial charge in [0.2, 0.25) is 15.9 Å². The van der Waals surface area contributed by atoms with Gasteiger partial charge in [-0.3, -0.25) is 4.79 Å². The van der Waals surface area contributed by atoms with Crippen LogP contribution in [-0.4, -0.2) is 49.6 Å². The lowest BCUT2D eigenvalue weighted by Gasteiger charge is -2.25. The van der Waals surface area contributed by atoms with Crippen molar-refractivity contribution in [3.63, 3.8) is 0 Å². The largest absolute Gasteiger partial charge is 0.494 e. The number of thioether (sulfide) groups is 1. The second-order valence-corrected chi connectivity index (χ2v) is 11.3. The Morgan fingerprint density at radius 2 is 1.85 bits per heavy atom. The Morgan fingerprint density at radius 1 is 1.12 bits per heavy atom. The third-order valence-electron chi connectivity index (χ3n) is 5.88. The maximum absolute atomic E-state index is 12.8. The van der Waals surface area contributed by atoms with E-state index in [0.717, 1.165) is 46.5 Å². The van der Waals surface area contributed by atoms with Gasteiger partial charge in [0.25, 0.3) is 0 Å². The minimum absolute atomic E-state index is 0.130. The maximum atomic E-state index is 12.8. The smallest absolute Gasteiger partial charge is 0.243 e. The second-order valence-electron chi connectivity index (χ2n) is 8.27. The number of ether oxygens (including phenoxy) is 1. The summed E-state index contributed by atoms with van der Waals surface area (Å²) in [5.74, 6) is 1.17. The molecular weight excluding hydrogens is 470 g/mol. The average Bonchev–Trinajstić information content (AvgIpc) is 2.84. The summed E-state index contributed by atoms with van der Waals surface area (Å²) in [7, 11) is -1.84. The predicted molar refractivity (Wildman–Crippen MR) is 136 cm³/mol. The number of rotatable bonds is 8. The molecule has 0 bridgehead atoms. The summed E-state index contributed by atoms with van der Waals surface area (Å²) in [5.41, 5.74) is 2.50. The number of sulfonamides is 1. The van der Waals surface area contributed by atoms with Gasteiger partial charge in [-0.2, -0.15) is 4.31 Å². The average molecular weight is 500 g/mol. The van der Waals surface area contributed by atoms with Gasteiger partial charge < -0.3 is 10.1 Å². The van der Waals surface area contributed by atoms with Crippen LogP contribution in [0.3, 0.4) is 0 Å². The van der Waals surface area contributed by atoms with Crippen molar-refractivity contribution in [2.75, 3.05) is 31.3 Å². The molecule has 2 aromatic carbocycles. The number of nitrogens with zero attached hydrogens (tertiary/aromatic N) is 2. The number of piperidine rings is 1. The number of fused-ring (bicyclic) bond motifs is 1. The molecule has 0 spiro atoms. The lowest BCUT2D eigenvalue weighted by molar-refractivity contribution is -0.115. The molecule has 0 saturated carbocycles. The van der Waals surface area contributed by atoms with Crippen LogP contribution in [0, 0.1) is 6.92 Å². The molecule has 1 aromatic heterocycles. The number of hydrogen-bond acceptors (Lipinski definition) is 6. The van der Waals surface area contributed by atoms with Gasteiger partial charge in [-0.1, -0.05) is 18.6 Å². The standard InChI is InChI=1S/C25H29N3O4S2/c1-18-17-24(27-25-21(18)7-6-8-22(25)32-2)33-16-13-23(29)26-19-9-11-20(12-10-19)34(30,31)28-14-4-3-5-15-28/h6-12,17H,3-5,13-16H2,1-2H3,(H,26,29). The molecular formula is C25H29N3O4S2. The summed E-state index contributed by atoms with van der Waals surface area (Å²) in [6, 6.07) is 14.3. The van der Waals surface area contributed by atoms with E-state index in [1.807, 2.05) is 31.2 Å². The number of benzene rings is 2. The summed E-state index contributed by atoms with van der Waals surface area (Å²) < 4.78 is 32.5. The summed E-state index contributed by atoms with van der Waals surface area (Å²) in [6.07, 6.45) is 3.17. The molecule has 0 aliphatic carbocycles. The Balaban J connectivity index is 1.33. The summed E-state index contributed by atoms with van der Waals surface area (Å²) in [5, 5.41) is 4.74. The van der Waals surface area contributed by atoms with Crippen molar-refractivity contribution in [1.29, 1.82) is 0 Å². The molecule has 180 valence electrons. The van der Waals surface area contributed by atoms with E-state index in [9.17, 15) is 13.2 Å². The molecule has 34 heavy (non-hydrogen) atoms. The highest BCUT2D eigenvalue weighted by atomic mass is 32.2. The van der Waals surface area contributed by atoms with Crippen LogP contribution < -0.4 is 10.1 Å². The van der Waals surface area contributed by atoms with E-state index in [1.165, 1.54) is 11.8 Å². The molecule has 0 radical (unpaired) electrons. The molecule has 0 unspecified atom stereocenters. The van der Waals surface area contributed by atoms with Gasteiger partial charge in [0.15, 0.2) is 0 Å². The van der Waals surface area contributed by atoms with Crippen LogP contribution in [0.2, 0.25) is 0 Å². The van der Waals surface area contributed by atoms with Crippen molar-refractivity contribution in [2.45, 2.75) is 42.5 Å². The second kappa shape index (κ2) is 10.8. The summed E-state index contributed by atoms with van der Waals surface area (Å²) >= 11 is 1.52. The van der Waals surface area contributed by atoms with Gasteiger partial charge in [0.05, 0.1) is 17.0 Å². The topological polar surface area (TPSA) is 88.6 Å². The molecule has 1 fully saturated rings. The highest BCUT2D eigenvalue weighted by Crippen LogP contribution is 2.30. The third-order valence-corrected chi connectivity index (χ3v) is 8.70. The first-order valence-electron chi connectivity index (χ1n) is 11.4. The highest BCUT2D eigenvalue weighted by molar-refractivity contribution is 7.99. The van der Waals surface area contributed by atoms with Gasteiger partial charge in [-0.05, 0) is 61.7 Å². The van der Waals surface area contributed by atoms with Crippen LogP contribution in [0.5, 0.6) is 5.75 Å². The number of hydrogen-bond donors (Lipinski definition) is 1. The summed E-state index contributed by atoms with van der Waals surface area (Å²) in [4.78, 5) is 17.4. The monoisotopic (exact) mass is 499 g/mol. The molecule has 1 aliphatic rings. The Hall–Kier alpha value is -2.62. The first-order valence-corrected chi connectivity index (χ1v) is 13.8. The van der Waals surface area contributed by atoms with E-state index in [-0.39, 0.29) is 10.8 Å². The lowest BCUT2D eigenvalue weighted by Crippen LogP contribution is -2.35. The molecule has 4 rings (SSSR count). The Bertz CT molecular complexity index is 1270. The zero-order chi connectivity index (χ0) is 24.1. The van der Waals surface area contributed by atoms with Crippen LogP contribution in [-0.2, 0) is 14.8 Å². The van der Waals surface area contributed by atoms with Crippen molar-refractivity contribution in [3.05, 3.63) is 54.1 Å². The molecule has 3 aromatic rings. The van der Waals surface area contributed by atoms with E-state index >= 15 is 0 Å². The highest BCUT2D eigenvalue weighted by Gasteiger charge is 2.25. The van der Waals surface area contributed by atoms with E-state index in [4.69, 9.17) is 9.72 Å². The molecule has 1 amide bonds. The van der Waals surface area contributed by atoms with Crippen LogP contribution >= 0.6 is 11.8 Å². The van der Waals surface area contributed by atoms with Gasteiger partial charge in [0.1, 0.15) is 11.3 Å². The number of carbonyl (C=O) groups is 1. The molecule has 1 aliphatic heterocycles.